The van der Waals surface area contributed by atoms with Crippen molar-refractivity contribution in [3.05, 3.63) is 46.4 Å². The average molecular weight is 480 g/mol. The largest absolute Gasteiger partial charge is 0.441 e. The van der Waals surface area contributed by atoms with Gasteiger partial charge in [0.25, 0.3) is 0 Å². The summed E-state index contributed by atoms with van der Waals surface area (Å²) in [6, 6.07) is 4.82. The molecule has 3 aromatic heterocycles. The molecule has 0 saturated carbocycles. The first-order valence-electron chi connectivity index (χ1n) is 9.39. The van der Waals surface area contributed by atoms with Gasteiger partial charge in [-0.15, -0.1) is 5.10 Å². The highest BCUT2D eigenvalue weighted by Crippen LogP contribution is 2.28. The van der Waals surface area contributed by atoms with Gasteiger partial charge in [-0.05, 0) is 39.0 Å². The number of rotatable bonds is 6. The van der Waals surface area contributed by atoms with Gasteiger partial charge in [0, 0.05) is 24.5 Å². The number of halogens is 1. The van der Waals surface area contributed by atoms with Crippen molar-refractivity contribution in [3.63, 3.8) is 0 Å². The maximum Gasteiger partial charge on any atom is 0.413 e. The lowest BCUT2D eigenvalue weighted by Gasteiger charge is -2.16. The highest BCUT2D eigenvalue weighted by Gasteiger charge is 2.21. The van der Waals surface area contributed by atoms with Gasteiger partial charge in [-0.1, -0.05) is 16.8 Å². The van der Waals surface area contributed by atoms with Crippen LogP contribution in [0.1, 0.15) is 30.0 Å². The van der Waals surface area contributed by atoms with E-state index in [-0.39, 0.29) is 5.82 Å². The summed E-state index contributed by atoms with van der Waals surface area (Å²) in [5.41, 5.74) is 2.78. The summed E-state index contributed by atoms with van der Waals surface area (Å²) in [7, 11) is -1.85. The summed E-state index contributed by atoms with van der Waals surface area (Å²) >= 11 is 6.22. The Bertz CT molecular complexity index is 1280. The fourth-order valence-electron chi connectivity index (χ4n) is 2.86. The molecule has 0 aliphatic carbocycles. The number of aryl methyl sites for hydroxylation is 3. The van der Waals surface area contributed by atoms with E-state index in [2.05, 4.69) is 30.3 Å². The second-order valence-electron chi connectivity index (χ2n) is 7.13. The number of anilines is 2. The molecule has 0 aliphatic heterocycles. The second kappa shape index (κ2) is 9.09. The predicted molar refractivity (Wildman–Crippen MR) is 120 cm³/mol. The van der Waals surface area contributed by atoms with Crippen molar-refractivity contribution in [1.29, 1.82) is 0 Å². The minimum atomic E-state index is -3.45. The molecular weight excluding hydrogens is 458 g/mol. The Morgan fingerprint density at radius 2 is 2.00 bits per heavy atom. The third-order valence-electron chi connectivity index (χ3n) is 4.41. The molecule has 2 N–H and O–H groups in total. The topological polar surface area (TPSA) is 141 Å². The Balaban J connectivity index is 1.80. The Morgan fingerprint density at radius 1 is 1.28 bits per heavy atom. The minimum absolute atomic E-state index is 0.256. The fourth-order valence-corrected chi connectivity index (χ4v) is 3.83. The zero-order valence-electron chi connectivity index (χ0n) is 18.0. The van der Waals surface area contributed by atoms with Crippen LogP contribution in [0.4, 0.5) is 16.3 Å². The molecule has 13 heteroatoms. The quantitative estimate of drug-likeness (QED) is 0.548. The van der Waals surface area contributed by atoms with Crippen molar-refractivity contribution in [1.82, 2.24) is 25.0 Å². The number of sulfonamides is 1. The zero-order chi connectivity index (χ0) is 23.6. The van der Waals surface area contributed by atoms with Crippen LogP contribution >= 0.6 is 11.6 Å². The van der Waals surface area contributed by atoms with Crippen LogP contribution < -0.4 is 10.0 Å². The van der Waals surface area contributed by atoms with Gasteiger partial charge < -0.3 is 4.74 Å². The molecule has 0 aromatic carbocycles. The van der Waals surface area contributed by atoms with Crippen LogP contribution in [0.3, 0.4) is 0 Å². The van der Waals surface area contributed by atoms with Gasteiger partial charge in [0.1, 0.15) is 6.10 Å². The van der Waals surface area contributed by atoms with Gasteiger partial charge in [-0.3, -0.25) is 15.0 Å². The Hall–Kier alpha value is -3.25. The molecule has 0 aliphatic rings. The highest BCUT2D eigenvalue weighted by molar-refractivity contribution is 7.92. The Morgan fingerprint density at radius 3 is 2.62 bits per heavy atom. The lowest BCUT2D eigenvalue weighted by molar-refractivity contribution is 0.121. The number of aromatic nitrogens is 5. The van der Waals surface area contributed by atoms with E-state index in [9.17, 15) is 13.2 Å². The molecule has 1 amide bonds. The molecule has 11 nitrogen and oxygen atoms in total. The predicted octanol–water partition coefficient (Wildman–Crippen LogP) is 3.22. The standard InChI is InChI=1S/C19H22ClN7O4S/c1-10-8-14(20)13(9-21-10)12(3)31-19(28)23-18-17(24-26-27(18)4)16-7-6-15(11(2)22-16)25-32(5,29)30/h6-9,12,25H,1-5H3,(H,23,28). The summed E-state index contributed by atoms with van der Waals surface area (Å²) < 4.78 is 32.1. The lowest BCUT2D eigenvalue weighted by atomic mass is 10.2. The van der Waals surface area contributed by atoms with Crippen molar-refractivity contribution in [3.8, 4) is 11.4 Å². The molecule has 1 atom stereocenters. The van der Waals surface area contributed by atoms with Gasteiger partial charge in [0.15, 0.2) is 11.5 Å². The van der Waals surface area contributed by atoms with Crippen molar-refractivity contribution in [2.75, 3.05) is 16.3 Å². The first-order chi connectivity index (χ1) is 14.9. The SMILES string of the molecule is Cc1cc(Cl)c(C(C)OC(=O)Nc2c(-c3ccc(NS(C)(=O)=O)c(C)n3)nnn2C)cn1. The zero-order valence-corrected chi connectivity index (χ0v) is 19.6. The van der Waals surface area contributed by atoms with Crippen molar-refractivity contribution < 1.29 is 17.9 Å². The minimum Gasteiger partial charge on any atom is -0.441 e. The molecular formula is C19H22ClN7O4S. The van der Waals surface area contributed by atoms with E-state index in [1.54, 1.807) is 45.3 Å². The molecule has 3 rings (SSSR count). The maximum absolute atomic E-state index is 12.5. The summed E-state index contributed by atoms with van der Waals surface area (Å²) in [4.78, 5) is 21.1. The molecule has 3 heterocycles. The molecule has 170 valence electrons. The first kappa shape index (κ1) is 23.4. The van der Waals surface area contributed by atoms with Crippen LogP contribution in [0.15, 0.2) is 24.4 Å². The van der Waals surface area contributed by atoms with Gasteiger partial charge in [-0.2, -0.15) is 0 Å². The van der Waals surface area contributed by atoms with E-state index < -0.39 is 22.2 Å². The van der Waals surface area contributed by atoms with Gasteiger partial charge in [0.05, 0.1) is 28.4 Å². The summed E-state index contributed by atoms with van der Waals surface area (Å²) in [6.07, 6.45) is 1.22. The van der Waals surface area contributed by atoms with E-state index in [1.165, 1.54) is 4.68 Å². The number of hydrogen-bond donors (Lipinski definition) is 2. The summed E-state index contributed by atoms with van der Waals surface area (Å²) in [5.74, 6) is 0.256. The third kappa shape index (κ3) is 5.51. The van der Waals surface area contributed by atoms with Crippen molar-refractivity contribution >= 4 is 39.2 Å². The Kier molecular flexibility index (Phi) is 6.65. The van der Waals surface area contributed by atoms with Gasteiger partial charge >= 0.3 is 6.09 Å². The van der Waals surface area contributed by atoms with E-state index >= 15 is 0 Å². The van der Waals surface area contributed by atoms with Crippen LogP contribution in [0, 0.1) is 13.8 Å². The third-order valence-corrected chi connectivity index (χ3v) is 5.33. The number of hydrogen-bond acceptors (Lipinski definition) is 8. The number of carbonyl (C=O) groups is 1. The molecule has 0 saturated heterocycles. The molecule has 0 fully saturated rings. The normalized spacial score (nSPS) is 12.3. The average Bonchev–Trinajstić information content (AvgIpc) is 3.02. The van der Waals surface area contributed by atoms with Crippen molar-refractivity contribution in [2.45, 2.75) is 26.9 Å². The number of nitrogens with zero attached hydrogens (tertiary/aromatic N) is 5. The number of pyridine rings is 2. The lowest BCUT2D eigenvalue weighted by Crippen LogP contribution is -2.18. The monoisotopic (exact) mass is 479 g/mol. The van der Waals surface area contributed by atoms with E-state index in [0.717, 1.165) is 11.9 Å². The van der Waals surface area contributed by atoms with E-state index in [0.29, 0.717) is 33.4 Å². The molecule has 0 spiro atoms. The summed E-state index contributed by atoms with van der Waals surface area (Å²) in [6.45, 7) is 5.14. The van der Waals surface area contributed by atoms with Gasteiger partial charge in [0.2, 0.25) is 10.0 Å². The Labute approximate surface area is 190 Å². The van der Waals surface area contributed by atoms with Crippen LogP contribution in [-0.4, -0.2) is 45.7 Å². The van der Waals surface area contributed by atoms with Crippen LogP contribution in [0.25, 0.3) is 11.4 Å². The fraction of sp³-hybridized carbons (Fsp3) is 0.316. The van der Waals surface area contributed by atoms with Crippen LogP contribution in [0.5, 0.6) is 0 Å². The molecule has 3 aromatic rings. The molecule has 1 unspecified atom stereocenters. The second-order valence-corrected chi connectivity index (χ2v) is 9.29. The maximum atomic E-state index is 12.5. The number of ether oxygens (including phenoxy) is 1. The number of nitrogens with one attached hydrogen (secondary N) is 2. The van der Waals surface area contributed by atoms with Crippen LogP contribution in [0.2, 0.25) is 5.02 Å². The smallest absolute Gasteiger partial charge is 0.413 e. The van der Waals surface area contributed by atoms with E-state index in [1.807, 2.05) is 6.92 Å². The molecule has 0 radical (unpaired) electrons. The highest BCUT2D eigenvalue weighted by atomic mass is 35.5. The van der Waals surface area contributed by atoms with Gasteiger partial charge in [-0.25, -0.2) is 22.9 Å². The van der Waals surface area contributed by atoms with Crippen LogP contribution in [-0.2, 0) is 21.8 Å². The first-order valence-corrected chi connectivity index (χ1v) is 11.7. The van der Waals surface area contributed by atoms with Crippen molar-refractivity contribution in [2.24, 2.45) is 7.05 Å². The summed E-state index contributed by atoms with van der Waals surface area (Å²) in [5, 5.41) is 11.1. The molecule has 32 heavy (non-hydrogen) atoms. The number of amides is 1. The number of carbonyl (C=O) groups excluding carboxylic acids is 1. The van der Waals surface area contributed by atoms with E-state index in [4.69, 9.17) is 16.3 Å². The molecule has 0 bridgehead atoms.